The van der Waals surface area contributed by atoms with Crippen molar-refractivity contribution >= 4 is 21.8 Å². The molecule has 2 heterocycles. The van der Waals surface area contributed by atoms with Crippen LogP contribution in [0.4, 0.5) is 0 Å². The fourth-order valence-electron chi connectivity index (χ4n) is 2.28. The van der Waals surface area contributed by atoms with Crippen molar-refractivity contribution in [2.75, 3.05) is 13.1 Å². The van der Waals surface area contributed by atoms with Gasteiger partial charge < -0.3 is 10.6 Å². The maximum absolute atomic E-state index is 12.3. The van der Waals surface area contributed by atoms with Crippen molar-refractivity contribution in [3.8, 4) is 0 Å². The molecule has 0 spiro atoms. The van der Waals surface area contributed by atoms with Gasteiger partial charge in [0.15, 0.2) is 0 Å². The zero-order chi connectivity index (χ0) is 12.4. The molecule has 17 heavy (non-hydrogen) atoms. The fraction of sp³-hybridized carbons (Fsp3) is 0.500. The van der Waals surface area contributed by atoms with E-state index in [1.165, 1.54) is 0 Å². The maximum Gasteiger partial charge on any atom is 0.273 e. The van der Waals surface area contributed by atoms with E-state index in [9.17, 15) is 4.79 Å². The number of hydrogen-bond acceptors (Lipinski definition) is 3. The summed E-state index contributed by atoms with van der Waals surface area (Å²) < 4.78 is 0.744. The number of amides is 1. The average molecular weight is 298 g/mol. The van der Waals surface area contributed by atoms with Crippen LogP contribution in [0.25, 0.3) is 0 Å². The number of halogens is 1. The van der Waals surface area contributed by atoms with Crippen molar-refractivity contribution in [3.63, 3.8) is 0 Å². The number of pyridine rings is 1. The van der Waals surface area contributed by atoms with Crippen LogP contribution in [-0.4, -0.2) is 34.9 Å². The molecule has 92 valence electrons. The van der Waals surface area contributed by atoms with Gasteiger partial charge in [-0.05, 0) is 53.9 Å². The molecule has 4 nitrogen and oxygen atoms in total. The number of carbonyl (C=O) groups excluding carboxylic acids is 1. The summed E-state index contributed by atoms with van der Waals surface area (Å²) in [5.74, 6) is 0.400. The lowest BCUT2D eigenvalue weighted by molar-refractivity contribution is 0.0736. The monoisotopic (exact) mass is 297 g/mol. The Balaban J connectivity index is 2.19. The zero-order valence-electron chi connectivity index (χ0n) is 9.77. The standard InChI is InChI=1S/C12H16BrN3O/c1-8-5-9(6-14)7-16(8)12(17)11-10(13)3-2-4-15-11/h2-4,8-9H,5-7,14H2,1H3. The fourth-order valence-corrected chi connectivity index (χ4v) is 2.70. The van der Waals surface area contributed by atoms with E-state index >= 15 is 0 Å². The van der Waals surface area contributed by atoms with Crippen molar-refractivity contribution in [1.29, 1.82) is 0 Å². The van der Waals surface area contributed by atoms with Crippen LogP contribution in [0.2, 0.25) is 0 Å². The molecule has 0 saturated carbocycles. The van der Waals surface area contributed by atoms with Gasteiger partial charge in [0.1, 0.15) is 5.69 Å². The first-order valence-corrected chi connectivity index (χ1v) is 6.54. The van der Waals surface area contributed by atoms with Crippen LogP contribution in [0, 0.1) is 5.92 Å². The van der Waals surface area contributed by atoms with Crippen LogP contribution in [0.5, 0.6) is 0 Å². The number of hydrogen-bond donors (Lipinski definition) is 1. The Kier molecular flexibility index (Phi) is 3.79. The first-order valence-electron chi connectivity index (χ1n) is 5.75. The van der Waals surface area contributed by atoms with Crippen molar-refractivity contribution < 1.29 is 4.79 Å². The third kappa shape index (κ3) is 2.50. The van der Waals surface area contributed by atoms with Gasteiger partial charge in [0.05, 0.1) is 0 Å². The SMILES string of the molecule is CC1CC(CN)CN1C(=O)c1ncccc1Br. The van der Waals surface area contributed by atoms with Gasteiger partial charge in [0.25, 0.3) is 5.91 Å². The predicted octanol–water partition coefficient (Wildman–Crippen LogP) is 1.65. The highest BCUT2D eigenvalue weighted by atomic mass is 79.9. The minimum Gasteiger partial charge on any atom is -0.334 e. The molecule has 5 heteroatoms. The summed E-state index contributed by atoms with van der Waals surface area (Å²) in [6.07, 6.45) is 2.62. The number of nitrogens with zero attached hydrogens (tertiary/aromatic N) is 2. The van der Waals surface area contributed by atoms with Gasteiger partial charge in [-0.1, -0.05) is 0 Å². The largest absolute Gasteiger partial charge is 0.334 e. The topological polar surface area (TPSA) is 59.2 Å². The zero-order valence-corrected chi connectivity index (χ0v) is 11.4. The molecule has 2 atom stereocenters. The second-order valence-electron chi connectivity index (χ2n) is 4.48. The molecule has 1 aliphatic rings. The number of nitrogens with two attached hydrogens (primary N) is 1. The minimum absolute atomic E-state index is 0.0130. The average Bonchev–Trinajstić information content (AvgIpc) is 2.70. The van der Waals surface area contributed by atoms with E-state index in [2.05, 4.69) is 27.8 Å². The molecule has 2 N–H and O–H groups in total. The molecular weight excluding hydrogens is 282 g/mol. The third-order valence-corrected chi connectivity index (χ3v) is 3.86. The Morgan fingerprint density at radius 1 is 1.71 bits per heavy atom. The minimum atomic E-state index is -0.0130. The number of carbonyl (C=O) groups is 1. The van der Waals surface area contributed by atoms with E-state index in [1.54, 1.807) is 12.3 Å². The van der Waals surface area contributed by atoms with E-state index in [0.717, 1.165) is 17.4 Å². The van der Waals surface area contributed by atoms with Gasteiger partial charge in [-0.3, -0.25) is 4.79 Å². The van der Waals surface area contributed by atoms with E-state index in [4.69, 9.17) is 5.73 Å². The van der Waals surface area contributed by atoms with E-state index < -0.39 is 0 Å². The highest BCUT2D eigenvalue weighted by Crippen LogP contribution is 2.25. The lowest BCUT2D eigenvalue weighted by Gasteiger charge is -2.21. The van der Waals surface area contributed by atoms with Crippen LogP contribution in [-0.2, 0) is 0 Å². The van der Waals surface area contributed by atoms with Crippen LogP contribution in [0.15, 0.2) is 22.8 Å². The molecular formula is C12H16BrN3O. The molecule has 1 aromatic heterocycles. The normalized spacial score (nSPS) is 24.1. The van der Waals surface area contributed by atoms with E-state index in [1.807, 2.05) is 11.0 Å². The molecule has 1 saturated heterocycles. The summed E-state index contributed by atoms with van der Waals surface area (Å²) in [6, 6.07) is 3.88. The van der Waals surface area contributed by atoms with Gasteiger partial charge in [-0.2, -0.15) is 0 Å². The second-order valence-corrected chi connectivity index (χ2v) is 5.33. The summed E-state index contributed by atoms with van der Waals surface area (Å²) in [5.41, 5.74) is 6.15. The molecule has 1 aromatic rings. The summed E-state index contributed by atoms with van der Waals surface area (Å²) in [6.45, 7) is 3.43. The molecule has 0 aliphatic carbocycles. The molecule has 1 amide bonds. The molecule has 0 radical (unpaired) electrons. The molecule has 1 fully saturated rings. The first-order chi connectivity index (χ1) is 8.13. The summed E-state index contributed by atoms with van der Waals surface area (Å²) in [7, 11) is 0. The highest BCUT2D eigenvalue weighted by molar-refractivity contribution is 9.10. The van der Waals surface area contributed by atoms with Crippen LogP contribution in [0.1, 0.15) is 23.8 Å². The van der Waals surface area contributed by atoms with Crippen molar-refractivity contribution in [2.24, 2.45) is 11.7 Å². The molecule has 2 unspecified atom stereocenters. The number of likely N-dealkylation sites (tertiary alicyclic amines) is 1. The molecule has 2 rings (SSSR count). The first kappa shape index (κ1) is 12.5. The van der Waals surface area contributed by atoms with Crippen molar-refractivity contribution in [1.82, 2.24) is 9.88 Å². The van der Waals surface area contributed by atoms with Crippen molar-refractivity contribution in [2.45, 2.75) is 19.4 Å². The third-order valence-electron chi connectivity index (χ3n) is 3.22. The maximum atomic E-state index is 12.3. The van der Waals surface area contributed by atoms with E-state index in [-0.39, 0.29) is 11.9 Å². The van der Waals surface area contributed by atoms with Gasteiger partial charge in [0.2, 0.25) is 0 Å². The number of aromatic nitrogens is 1. The van der Waals surface area contributed by atoms with Gasteiger partial charge in [-0.15, -0.1) is 0 Å². The Bertz CT molecular complexity index is 424. The Hall–Kier alpha value is -0.940. The molecule has 0 bridgehead atoms. The highest BCUT2D eigenvalue weighted by Gasteiger charge is 2.33. The van der Waals surface area contributed by atoms with Crippen molar-refractivity contribution in [3.05, 3.63) is 28.5 Å². The van der Waals surface area contributed by atoms with E-state index in [0.29, 0.717) is 18.2 Å². The summed E-state index contributed by atoms with van der Waals surface area (Å²) >= 11 is 3.36. The van der Waals surface area contributed by atoms with Gasteiger partial charge in [-0.25, -0.2) is 4.98 Å². The quantitative estimate of drug-likeness (QED) is 0.903. The smallest absolute Gasteiger partial charge is 0.273 e. The van der Waals surface area contributed by atoms with Gasteiger partial charge in [0, 0.05) is 23.3 Å². The van der Waals surface area contributed by atoms with Crippen LogP contribution in [0.3, 0.4) is 0 Å². The molecule has 0 aromatic carbocycles. The predicted molar refractivity (Wildman–Crippen MR) is 69.6 cm³/mol. The van der Waals surface area contributed by atoms with Crippen LogP contribution >= 0.6 is 15.9 Å². The lowest BCUT2D eigenvalue weighted by Crippen LogP contribution is -2.35. The Morgan fingerprint density at radius 3 is 3.06 bits per heavy atom. The summed E-state index contributed by atoms with van der Waals surface area (Å²) in [4.78, 5) is 18.3. The molecule has 1 aliphatic heterocycles. The van der Waals surface area contributed by atoms with Gasteiger partial charge >= 0.3 is 0 Å². The van der Waals surface area contributed by atoms with Crippen LogP contribution < -0.4 is 5.73 Å². The second kappa shape index (κ2) is 5.14. The lowest BCUT2D eigenvalue weighted by atomic mass is 10.1. The Morgan fingerprint density at radius 2 is 2.47 bits per heavy atom. The number of rotatable bonds is 2. The summed E-state index contributed by atoms with van der Waals surface area (Å²) in [5, 5.41) is 0. The Labute approximate surface area is 109 Å².